The standard InChI is InChI=1S/C81H144Si2/c1-81(2)79-73-75-63-65-77(79)78-66-64-76(74-80(78)81)83-68-58-52-46-40-34-28-22-16-10-4-3-9-15-21-27-33-39-45-51-57-67-82(75,69-59-53-47-41-35-29-23-17-11-5-7-13-19-25-31-37-43-49-55-61-71-83)70-60-54-48-42-36-30-24-18-12-6-8-14-20-26-32-38-44-50-56-62-72-83/h63-66,73-74H,3-62,67-72H2,1-2H3. The summed E-state index contributed by atoms with van der Waals surface area (Å²) in [6, 6.07) is 26.3. The van der Waals surface area contributed by atoms with Gasteiger partial charge in [-0.25, -0.2) is 0 Å². The van der Waals surface area contributed by atoms with Crippen LogP contribution in [0.3, 0.4) is 0 Å². The molecule has 0 nitrogen and oxygen atoms in total. The highest BCUT2D eigenvalue weighted by atomic mass is 28.3. The van der Waals surface area contributed by atoms with Crippen molar-refractivity contribution in [2.24, 2.45) is 0 Å². The summed E-state index contributed by atoms with van der Waals surface area (Å²) in [6.45, 7) is 5.38. The van der Waals surface area contributed by atoms with Gasteiger partial charge in [-0.1, -0.05) is 482 Å². The largest absolute Gasteiger partial charge is 0.0867 e. The average Bonchev–Trinajstić information content (AvgIpc) is 2.01. The van der Waals surface area contributed by atoms with E-state index in [2.05, 4.69) is 50.2 Å². The normalized spacial score (nSPS) is 26.8. The maximum absolute atomic E-state index is 2.95. The van der Waals surface area contributed by atoms with Crippen LogP contribution < -0.4 is 10.4 Å². The van der Waals surface area contributed by atoms with Gasteiger partial charge in [0.15, 0.2) is 0 Å². The molecule has 0 radical (unpaired) electrons. The summed E-state index contributed by atoms with van der Waals surface area (Å²) in [7, 11) is -3.56. The topological polar surface area (TPSA) is 0 Å². The molecule has 0 amide bonds. The highest BCUT2D eigenvalue weighted by Gasteiger charge is 2.42. The number of rotatable bonds is 0. The maximum atomic E-state index is 2.95. The predicted octanol–water partition coefficient (Wildman–Crippen LogP) is 27.8. The van der Waals surface area contributed by atoms with E-state index >= 15 is 0 Å². The Bertz CT molecular complexity index is 1600. The molecule has 0 atom stereocenters. The molecule has 0 fully saturated rings. The molecule has 0 unspecified atom stereocenters. The van der Waals surface area contributed by atoms with Crippen LogP contribution in [0.1, 0.15) is 410 Å². The Morgan fingerprint density at radius 1 is 0.193 bits per heavy atom. The fourth-order valence-corrected chi connectivity index (χ4v) is 27.9. The summed E-state index contributed by atoms with van der Waals surface area (Å²) in [5.41, 5.74) is 6.71. The van der Waals surface area contributed by atoms with E-state index in [0.717, 1.165) is 0 Å². The van der Waals surface area contributed by atoms with Gasteiger partial charge >= 0.3 is 0 Å². The molecule has 0 N–H and O–H groups in total. The van der Waals surface area contributed by atoms with Crippen LogP contribution in [0.4, 0.5) is 0 Å². The molecule has 2 heteroatoms. The van der Waals surface area contributed by atoms with Crippen LogP contribution in [0.5, 0.6) is 0 Å². The summed E-state index contributed by atoms with van der Waals surface area (Å²) >= 11 is 0. The van der Waals surface area contributed by atoms with Gasteiger partial charge in [0.05, 0.1) is 16.1 Å². The number of benzene rings is 2. The summed E-state index contributed by atoms with van der Waals surface area (Å²) in [5, 5.41) is 3.78. The first-order valence-corrected chi connectivity index (χ1v) is 44.6. The van der Waals surface area contributed by atoms with Crippen molar-refractivity contribution in [1.29, 1.82) is 0 Å². The number of hydrogen-bond donors (Lipinski definition) is 0. The zero-order chi connectivity index (χ0) is 57.9. The Kier molecular flexibility index (Phi) is 38.6. The van der Waals surface area contributed by atoms with Gasteiger partial charge in [0.25, 0.3) is 0 Å². The van der Waals surface area contributed by atoms with Crippen molar-refractivity contribution >= 4 is 26.5 Å². The minimum atomic E-state index is -1.78. The molecule has 1 aliphatic carbocycles. The molecule has 0 saturated carbocycles. The first-order valence-electron chi connectivity index (χ1n) is 39.3. The maximum Gasteiger partial charge on any atom is 0.0867 e. The fraction of sp³-hybridized carbons (Fsp3) is 0.852. The van der Waals surface area contributed by atoms with Crippen molar-refractivity contribution in [3.05, 3.63) is 47.5 Å². The lowest BCUT2D eigenvalue weighted by Gasteiger charge is -2.35. The third-order valence-corrected chi connectivity index (χ3v) is 34.0. The molecule has 2 aromatic rings. The number of fused-ring (bicyclic) bond motifs is 1. The summed E-state index contributed by atoms with van der Waals surface area (Å²) in [5.74, 6) is 0. The van der Waals surface area contributed by atoms with E-state index in [-0.39, 0.29) is 5.41 Å². The fourth-order valence-electron chi connectivity index (χ4n) is 17.3. The third kappa shape index (κ3) is 28.1. The summed E-state index contributed by atoms with van der Waals surface area (Å²) < 4.78 is 0. The first kappa shape index (κ1) is 71.0. The van der Waals surface area contributed by atoms with Crippen LogP contribution >= 0.6 is 0 Å². The van der Waals surface area contributed by atoms with Crippen molar-refractivity contribution in [2.45, 2.75) is 441 Å². The third-order valence-electron chi connectivity index (χ3n) is 23.1. The molecule has 3 heterocycles. The van der Waals surface area contributed by atoms with E-state index in [0.29, 0.717) is 0 Å². The summed E-state index contributed by atoms with van der Waals surface area (Å²) in [6.07, 6.45) is 89.0. The summed E-state index contributed by atoms with van der Waals surface area (Å²) in [4.78, 5) is 0. The Hall–Kier alpha value is -1.13. The monoisotopic (exact) mass is 1170 g/mol. The van der Waals surface area contributed by atoms with Crippen molar-refractivity contribution in [3.8, 4) is 11.1 Å². The molecule has 6 bridgehead atoms. The molecule has 4 aliphatic rings. The van der Waals surface area contributed by atoms with Crippen LogP contribution in [0, 0.1) is 0 Å². The molecule has 6 rings (SSSR count). The van der Waals surface area contributed by atoms with Gasteiger partial charge < -0.3 is 0 Å². The second kappa shape index (κ2) is 45.2. The Morgan fingerprint density at radius 2 is 0.325 bits per heavy atom. The van der Waals surface area contributed by atoms with Crippen molar-refractivity contribution in [1.82, 2.24) is 0 Å². The minimum absolute atomic E-state index is 0.0649. The molecule has 476 valence electrons. The minimum Gasteiger partial charge on any atom is -0.0623 e. The lowest BCUT2D eigenvalue weighted by molar-refractivity contribution is 0.520. The van der Waals surface area contributed by atoms with Gasteiger partial charge in [0, 0.05) is 5.41 Å². The highest BCUT2D eigenvalue weighted by Crippen LogP contribution is 2.49. The number of hydrogen-bond acceptors (Lipinski definition) is 0. The zero-order valence-corrected chi connectivity index (χ0v) is 58.6. The first-order chi connectivity index (χ1) is 41.0. The van der Waals surface area contributed by atoms with Crippen molar-refractivity contribution in [2.75, 3.05) is 0 Å². The molecule has 83 heavy (non-hydrogen) atoms. The molecular weight excluding hydrogens is 1030 g/mol. The van der Waals surface area contributed by atoms with E-state index in [4.69, 9.17) is 0 Å². The van der Waals surface area contributed by atoms with E-state index in [9.17, 15) is 0 Å². The molecule has 3 aliphatic heterocycles. The van der Waals surface area contributed by atoms with Crippen LogP contribution in [-0.4, -0.2) is 16.1 Å². The van der Waals surface area contributed by atoms with Gasteiger partial charge in [-0.2, -0.15) is 0 Å². The van der Waals surface area contributed by atoms with Crippen LogP contribution in [0.25, 0.3) is 11.1 Å². The Morgan fingerprint density at radius 3 is 0.470 bits per heavy atom. The molecule has 2 aromatic carbocycles. The lowest BCUT2D eigenvalue weighted by atomic mass is 9.82. The predicted molar refractivity (Wildman–Crippen MR) is 381 cm³/mol. The van der Waals surface area contributed by atoms with Crippen molar-refractivity contribution in [3.63, 3.8) is 0 Å². The van der Waals surface area contributed by atoms with E-state index in [1.54, 1.807) is 58.5 Å². The molecular formula is C81H144Si2. The van der Waals surface area contributed by atoms with E-state index in [1.807, 2.05) is 10.4 Å². The van der Waals surface area contributed by atoms with E-state index < -0.39 is 16.1 Å². The zero-order valence-electron chi connectivity index (χ0n) is 56.6. The average molecular weight is 1170 g/mol. The van der Waals surface area contributed by atoms with Gasteiger partial charge in [-0.15, -0.1) is 0 Å². The van der Waals surface area contributed by atoms with Gasteiger partial charge in [-0.3, -0.25) is 0 Å². The molecule has 0 aromatic heterocycles. The Balaban J connectivity index is 1.32. The van der Waals surface area contributed by atoms with Crippen LogP contribution in [-0.2, 0) is 5.41 Å². The smallest absolute Gasteiger partial charge is 0.0623 e. The van der Waals surface area contributed by atoms with Gasteiger partial charge in [0.1, 0.15) is 0 Å². The molecule has 0 spiro atoms. The van der Waals surface area contributed by atoms with Crippen molar-refractivity contribution < 1.29 is 0 Å². The van der Waals surface area contributed by atoms with E-state index in [1.165, 1.54) is 385 Å². The lowest BCUT2D eigenvalue weighted by Crippen LogP contribution is -2.48. The SMILES string of the molecule is CC1(C)c2cc3ccc2-c2ccc(cc21)[Si]12CCCCCCCCCCCCCCCCCCCCCC[Si]3(CCCCCCCCCCCCCCCCCCCCCC1)CCCCCCCCCCCCCCCCCCCCCC2. The second-order valence-electron chi connectivity index (χ2n) is 30.4. The van der Waals surface area contributed by atoms with Gasteiger partial charge in [0.2, 0.25) is 0 Å². The van der Waals surface area contributed by atoms with Gasteiger partial charge in [-0.05, 0) is 22.3 Å². The Labute approximate surface area is 522 Å². The van der Waals surface area contributed by atoms with Crippen LogP contribution in [0.2, 0.25) is 36.3 Å². The molecule has 0 saturated heterocycles. The quantitative estimate of drug-likeness (QED) is 0.231. The second-order valence-corrected chi connectivity index (χ2v) is 39.7. The highest BCUT2D eigenvalue weighted by molar-refractivity contribution is 6.92. The van der Waals surface area contributed by atoms with Crippen LogP contribution in [0.15, 0.2) is 36.4 Å².